The number of aliphatic imine (C=N–C) groups is 1. The smallest absolute Gasteiger partial charge is 0.327 e. The van der Waals surface area contributed by atoms with Gasteiger partial charge in [-0.05, 0) is 39.0 Å². The summed E-state index contributed by atoms with van der Waals surface area (Å²) < 4.78 is 43.0. The van der Waals surface area contributed by atoms with Crippen LogP contribution in [0.25, 0.3) is 0 Å². The van der Waals surface area contributed by atoms with E-state index < -0.39 is 9.84 Å². The van der Waals surface area contributed by atoms with Gasteiger partial charge in [-0.15, -0.1) is 0 Å². The van der Waals surface area contributed by atoms with Crippen LogP contribution in [0.4, 0.5) is 0 Å². The molecule has 0 radical (unpaired) electrons. The van der Waals surface area contributed by atoms with E-state index in [9.17, 15) is 13.0 Å². The van der Waals surface area contributed by atoms with Crippen molar-refractivity contribution in [3.63, 3.8) is 0 Å². The number of benzene rings is 1. The molecule has 0 bridgehead atoms. The Morgan fingerprint density at radius 1 is 1.17 bits per heavy atom. The van der Waals surface area contributed by atoms with Gasteiger partial charge in [0.05, 0.1) is 11.5 Å². The molecule has 0 spiro atoms. The molecule has 24 heavy (non-hydrogen) atoms. The van der Waals surface area contributed by atoms with E-state index in [2.05, 4.69) is 9.52 Å². The minimum Gasteiger partial charge on any atom is -0.382 e. The molecular weight excluding hydrogens is 349 g/mol. The summed E-state index contributed by atoms with van der Waals surface area (Å²) in [5, 5.41) is 0. The molecule has 0 unspecified atom stereocenters. The zero-order chi connectivity index (χ0) is 18.3. The predicted octanol–water partition coefficient (Wildman–Crippen LogP) is 3.62. The fourth-order valence-corrected chi connectivity index (χ4v) is 2.55. The van der Waals surface area contributed by atoms with E-state index in [4.69, 9.17) is 4.74 Å². The molecule has 8 heteroatoms. The molecule has 0 amide bonds. The topological polar surface area (TPSA) is 82.0 Å². The fraction of sp³-hybridized carbons (Fsp3) is 0.438. The van der Waals surface area contributed by atoms with Gasteiger partial charge in [-0.2, -0.15) is 0 Å². The Labute approximate surface area is 145 Å². The number of ether oxygens (including phenoxy) is 1. The molecule has 0 aliphatic carbocycles. The van der Waals surface area contributed by atoms with E-state index in [1.165, 1.54) is 12.3 Å². The van der Waals surface area contributed by atoms with Gasteiger partial charge in [-0.1, -0.05) is 23.8 Å². The molecule has 0 aromatic heterocycles. The van der Waals surface area contributed by atoms with E-state index in [1.807, 2.05) is 20.8 Å². The number of aryl methyl sites for hydroxylation is 1. The van der Waals surface area contributed by atoms with Crippen molar-refractivity contribution in [1.82, 2.24) is 0 Å². The Hall–Kier alpha value is -1.40. The van der Waals surface area contributed by atoms with Crippen molar-refractivity contribution in [1.29, 1.82) is 0 Å². The maximum Gasteiger partial charge on any atom is 0.327 e. The van der Waals surface area contributed by atoms with Crippen LogP contribution in [0.1, 0.15) is 19.4 Å². The van der Waals surface area contributed by atoms with E-state index in [0.29, 0.717) is 0 Å². The molecular formula is C16H24NO5PS. The van der Waals surface area contributed by atoms with E-state index in [1.54, 1.807) is 30.3 Å². The van der Waals surface area contributed by atoms with Crippen LogP contribution in [0, 0.1) is 6.92 Å². The van der Waals surface area contributed by atoms with Crippen molar-refractivity contribution in [3.8, 4) is 0 Å². The number of hydrogen-bond donors (Lipinski definition) is 0. The molecule has 134 valence electrons. The minimum absolute atomic E-state index is 0.182. The van der Waals surface area contributed by atoms with Crippen LogP contribution in [-0.2, 0) is 23.7 Å². The zero-order valence-corrected chi connectivity index (χ0v) is 15.9. The average Bonchev–Trinajstić information content (AvgIpc) is 2.56. The van der Waals surface area contributed by atoms with E-state index in [-0.39, 0.29) is 26.1 Å². The van der Waals surface area contributed by atoms with Crippen molar-refractivity contribution in [2.45, 2.75) is 25.7 Å². The van der Waals surface area contributed by atoms with Gasteiger partial charge in [0, 0.05) is 19.4 Å². The Morgan fingerprint density at radius 3 is 2.29 bits per heavy atom. The molecule has 0 aliphatic rings. The van der Waals surface area contributed by atoms with Crippen LogP contribution in [0.15, 0.2) is 46.3 Å². The Kier molecular flexibility index (Phi) is 13.2. The highest BCUT2D eigenvalue weighted by Crippen LogP contribution is 2.11. The van der Waals surface area contributed by atoms with Crippen LogP contribution in [0.3, 0.4) is 0 Å². The highest BCUT2D eigenvalue weighted by Gasteiger charge is 2.12. The molecule has 0 heterocycles. The third-order valence-electron chi connectivity index (χ3n) is 2.58. The summed E-state index contributed by atoms with van der Waals surface area (Å²) in [7, 11) is -3.78. The Balaban J connectivity index is 0.000000922. The SMILES string of the molecule is CCOCC.Cc1ccc(S(=O)(=O)CN=C/C=C/COP=O)cc1. The molecule has 0 saturated carbocycles. The lowest BCUT2D eigenvalue weighted by atomic mass is 10.2. The van der Waals surface area contributed by atoms with Crippen LogP contribution < -0.4 is 0 Å². The standard InChI is InChI=1S/C12H14NO4PS.C4H10O/c1-11-4-6-12(7-5-11)19(15,16)10-13-8-2-3-9-17-18-14;1-3-5-4-2/h2-8H,9-10H2,1H3;3-4H2,1-2H3/b3-2+,13-8?;. The highest BCUT2D eigenvalue weighted by molar-refractivity contribution is 7.91. The summed E-state index contributed by atoms with van der Waals surface area (Å²) in [5.74, 6) is -0.305. The Bertz CT molecular complexity index is 610. The third-order valence-corrected chi connectivity index (χ3v) is 4.32. The van der Waals surface area contributed by atoms with Gasteiger partial charge in [0.15, 0.2) is 9.84 Å². The molecule has 1 aromatic carbocycles. The van der Waals surface area contributed by atoms with Crippen molar-refractivity contribution in [3.05, 3.63) is 42.0 Å². The Morgan fingerprint density at radius 2 is 1.79 bits per heavy atom. The monoisotopic (exact) mass is 373 g/mol. The number of nitrogens with zero attached hydrogens (tertiary/aromatic N) is 1. The second-order valence-electron chi connectivity index (χ2n) is 4.47. The molecule has 1 rings (SSSR count). The fourth-order valence-electron chi connectivity index (χ4n) is 1.42. The van der Waals surface area contributed by atoms with Crippen LogP contribution in [0.2, 0.25) is 0 Å². The van der Waals surface area contributed by atoms with Crippen molar-refractivity contribution in [2.24, 2.45) is 4.99 Å². The molecule has 0 saturated heterocycles. The van der Waals surface area contributed by atoms with Gasteiger partial charge in [-0.25, -0.2) is 13.0 Å². The summed E-state index contributed by atoms with van der Waals surface area (Å²) >= 11 is 0. The molecule has 0 atom stereocenters. The number of allylic oxidation sites excluding steroid dienone is 1. The number of hydrogen-bond acceptors (Lipinski definition) is 6. The zero-order valence-electron chi connectivity index (χ0n) is 14.2. The highest BCUT2D eigenvalue weighted by atomic mass is 32.2. The quantitative estimate of drug-likeness (QED) is 0.375. The first kappa shape index (κ1) is 22.6. The second kappa shape index (κ2) is 14.0. The average molecular weight is 373 g/mol. The lowest BCUT2D eigenvalue weighted by Crippen LogP contribution is -2.04. The van der Waals surface area contributed by atoms with Gasteiger partial charge in [0.1, 0.15) is 5.88 Å². The normalized spacial score (nSPS) is 11.8. The van der Waals surface area contributed by atoms with E-state index in [0.717, 1.165) is 18.8 Å². The summed E-state index contributed by atoms with van der Waals surface area (Å²) in [4.78, 5) is 4.06. The second-order valence-corrected chi connectivity index (χ2v) is 6.83. The molecule has 6 nitrogen and oxygen atoms in total. The van der Waals surface area contributed by atoms with Crippen molar-refractivity contribution in [2.75, 3.05) is 25.7 Å². The van der Waals surface area contributed by atoms with Crippen LogP contribution >= 0.6 is 8.69 Å². The first-order chi connectivity index (χ1) is 11.5. The van der Waals surface area contributed by atoms with Crippen LogP contribution in [0.5, 0.6) is 0 Å². The van der Waals surface area contributed by atoms with Crippen molar-refractivity contribution >= 4 is 24.7 Å². The van der Waals surface area contributed by atoms with Gasteiger partial charge >= 0.3 is 8.69 Å². The number of rotatable bonds is 9. The lowest BCUT2D eigenvalue weighted by molar-refractivity contribution is 0.162. The third kappa shape index (κ3) is 11.2. The van der Waals surface area contributed by atoms with Crippen molar-refractivity contribution < 1.29 is 22.2 Å². The maximum atomic E-state index is 11.9. The minimum atomic E-state index is -3.39. The van der Waals surface area contributed by atoms with Gasteiger partial charge in [0.25, 0.3) is 0 Å². The summed E-state index contributed by atoms with van der Waals surface area (Å²) in [5.41, 5.74) is 1.00. The van der Waals surface area contributed by atoms with Gasteiger partial charge in [-0.3, -0.25) is 9.52 Å². The summed E-state index contributed by atoms with van der Waals surface area (Å²) in [6.07, 6.45) is 4.49. The van der Waals surface area contributed by atoms with Gasteiger partial charge < -0.3 is 4.74 Å². The summed E-state index contributed by atoms with van der Waals surface area (Å²) in [6.45, 7) is 7.74. The first-order valence-corrected chi connectivity index (χ1v) is 9.82. The molecule has 1 aromatic rings. The predicted molar refractivity (Wildman–Crippen MR) is 96.6 cm³/mol. The largest absolute Gasteiger partial charge is 0.382 e. The lowest BCUT2D eigenvalue weighted by Gasteiger charge is -2.01. The molecule has 0 fully saturated rings. The van der Waals surface area contributed by atoms with E-state index >= 15 is 0 Å². The summed E-state index contributed by atoms with van der Waals surface area (Å²) in [6, 6.07) is 6.63. The van der Waals surface area contributed by atoms with Gasteiger partial charge in [0.2, 0.25) is 0 Å². The maximum absolute atomic E-state index is 11.9. The molecule has 0 aliphatic heterocycles. The number of sulfone groups is 1. The van der Waals surface area contributed by atoms with Crippen LogP contribution in [-0.4, -0.2) is 40.3 Å². The molecule has 0 N–H and O–H groups in total. The first-order valence-electron chi connectivity index (χ1n) is 7.44.